The van der Waals surface area contributed by atoms with Gasteiger partial charge in [-0.15, -0.1) is 11.3 Å². The van der Waals surface area contributed by atoms with Crippen molar-refractivity contribution in [3.05, 3.63) is 50.4 Å². The molecule has 144 valence electrons. The maximum atomic E-state index is 12.8. The van der Waals surface area contributed by atoms with Gasteiger partial charge >= 0.3 is 5.97 Å². The normalized spacial score (nSPS) is 13.7. The summed E-state index contributed by atoms with van der Waals surface area (Å²) in [6.07, 6.45) is 0.563. The first kappa shape index (κ1) is 19.3. The maximum Gasteiger partial charge on any atom is 0.341 e. The second-order valence-corrected chi connectivity index (χ2v) is 8.44. The number of thiophene rings is 1. The number of hydrogen-bond acceptors (Lipinski definition) is 8. The monoisotopic (exact) mass is 411 g/mol. The van der Waals surface area contributed by atoms with Crippen molar-refractivity contribution in [1.29, 1.82) is 0 Å². The molecule has 2 heterocycles. The maximum absolute atomic E-state index is 12.8. The van der Waals surface area contributed by atoms with Crippen LogP contribution in [0.4, 0.5) is 10.7 Å². The molecule has 0 saturated carbocycles. The van der Waals surface area contributed by atoms with Crippen molar-refractivity contribution in [2.45, 2.75) is 24.8 Å². The smallest absolute Gasteiger partial charge is 0.341 e. The number of para-hydroxylation sites is 1. The number of nitro benzene ring substituents is 1. The molecular weight excluding hydrogens is 394 g/mol. The minimum Gasteiger partial charge on any atom is -0.462 e. The highest BCUT2D eigenvalue weighted by Crippen LogP contribution is 2.38. The highest BCUT2D eigenvalue weighted by Gasteiger charge is 2.31. The Labute approximate surface area is 159 Å². The Morgan fingerprint density at radius 1 is 1.41 bits per heavy atom. The Hall–Kier alpha value is -2.50. The van der Waals surface area contributed by atoms with E-state index in [1.54, 1.807) is 6.92 Å². The number of ether oxygens (including phenoxy) is 1. The fourth-order valence-electron chi connectivity index (χ4n) is 2.84. The van der Waals surface area contributed by atoms with Crippen LogP contribution in [0.25, 0.3) is 0 Å². The molecule has 0 amide bonds. The van der Waals surface area contributed by atoms with Crippen LogP contribution in [-0.2, 0) is 27.7 Å². The third-order valence-electron chi connectivity index (χ3n) is 3.99. The second kappa shape index (κ2) is 7.62. The van der Waals surface area contributed by atoms with E-state index in [-0.39, 0.29) is 17.2 Å². The van der Waals surface area contributed by atoms with Crippen molar-refractivity contribution in [2.75, 3.05) is 17.9 Å². The summed E-state index contributed by atoms with van der Waals surface area (Å²) in [7, 11) is -4.27. The van der Waals surface area contributed by atoms with Crippen LogP contribution in [-0.4, -0.2) is 32.5 Å². The molecule has 0 unspecified atom stereocenters. The van der Waals surface area contributed by atoms with Gasteiger partial charge in [0.05, 0.1) is 17.1 Å². The number of rotatable bonds is 6. The molecule has 0 bridgehead atoms. The van der Waals surface area contributed by atoms with Gasteiger partial charge in [0.15, 0.2) is 4.90 Å². The summed E-state index contributed by atoms with van der Waals surface area (Å²) < 4.78 is 33.0. The van der Waals surface area contributed by atoms with Crippen molar-refractivity contribution in [3.8, 4) is 0 Å². The average molecular weight is 411 g/mol. The summed E-state index contributed by atoms with van der Waals surface area (Å²) in [6, 6.07) is 5.05. The minimum atomic E-state index is -4.27. The lowest BCUT2D eigenvalue weighted by Gasteiger charge is -2.14. The molecule has 1 aromatic carbocycles. The molecule has 2 aromatic rings. The number of esters is 1. The highest BCUT2D eigenvalue weighted by atomic mass is 32.2. The number of nitrogens with zero attached hydrogens (tertiary/aromatic N) is 1. The molecule has 11 heteroatoms. The van der Waals surface area contributed by atoms with Crippen LogP contribution in [0, 0.1) is 10.1 Å². The molecule has 1 aliphatic rings. The van der Waals surface area contributed by atoms with Crippen molar-refractivity contribution < 1.29 is 22.9 Å². The summed E-state index contributed by atoms with van der Waals surface area (Å²) in [5, 5.41) is 14.4. The molecule has 1 aromatic heterocycles. The number of nitro groups is 1. The van der Waals surface area contributed by atoms with Crippen molar-refractivity contribution in [3.63, 3.8) is 0 Å². The van der Waals surface area contributed by atoms with E-state index >= 15 is 0 Å². The van der Waals surface area contributed by atoms with E-state index in [4.69, 9.17) is 4.74 Å². The molecule has 3 rings (SSSR count). The lowest BCUT2D eigenvalue weighted by Crippen LogP contribution is -2.23. The number of sulfonamides is 1. The Morgan fingerprint density at radius 3 is 2.85 bits per heavy atom. The molecule has 0 atom stereocenters. The van der Waals surface area contributed by atoms with Gasteiger partial charge in [-0.1, -0.05) is 12.1 Å². The molecule has 0 radical (unpaired) electrons. The molecule has 0 fully saturated rings. The zero-order valence-electron chi connectivity index (χ0n) is 14.4. The summed E-state index contributed by atoms with van der Waals surface area (Å²) in [6.45, 7) is 2.99. The first-order valence-electron chi connectivity index (χ1n) is 8.13. The second-order valence-electron chi connectivity index (χ2n) is 5.69. The molecule has 1 aliphatic heterocycles. The van der Waals surface area contributed by atoms with E-state index in [1.165, 1.54) is 12.1 Å². The summed E-state index contributed by atoms with van der Waals surface area (Å²) in [5.41, 5.74) is 0.392. The third kappa shape index (κ3) is 3.80. The zero-order valence-corrected chi connectivity index (χ0v) is 16.0. The Bertz CT molecular complexity index is 1000. The van der Waals surface area contributed by atoms with Crippen LogP contribution in [0.5, 0.6) is 0 Å². The molecule has 9 nitrogen and oxygen atoms in total. The summed E-state index contributed by atoms with van der Waals surface area (Å²) in [5.74, 6) is -0.614. The number of anilines is 1. The highest BCUT2D eigenvalue weighted by molar-refractivity contribution is 7.93. The van der Waals surface area contributed by atoms with E-state index < -0.39 is 31.5 Å². The van der Waals surface area contributed by atoms with E-state index in [0.29, 0.717) is 19.5 Å². The van der Waals surface area contributed by atoms with Gasteiger partial charge in [-0.25, -0.2) is 13.2 Å². The molecule has 0 saturated heterocycles. The first-order valence-corrected chi connectivity index (χ1v) is 10.4. The summed E-state index contributed by atoms with van der Waals surface area (Å²) in [4.78, 5) is 23.2. The van der Waals surface area contributed by atoms with E-state index in [2.05, 4.69) is 10.0 Å². The van der Waals surface area contributed by atoms with Crippen LogP contribution < -0.4 is 10.0 Å². The molecule has 2 N–H and O–H groups in total. The molecular formula is C16H17N3O6S2. The number of hydrogen-bond donors (Lipinski definition) is 2. The number of nitrogens with one attached hydrogen (secondary N) is 2. The van der Waals surface area contributed by atoms with Gasteiger partial charge in [-0.2, -0.15) is 0 Å². The number of carbonyl (C=O) groups is 1. The Kier molecular flexibility index (Phi) is 5.44. The fraction of sp³-hybridized carbons (Fsp3) is 0.312. The van der Waals surface area contributed by atoms with Crippen molar-refractivity contribution >= 4 is 38.0 Å². The standard InChI is InChI=1S/C16H17N3O6S2/c1-2-25-16(20)14-10-7-8-17-9-12(10)26-15(14)18-27(23,24)13-6-4-3-5-11(13)19(21)22/h3-6,17-18H,2,7-9H2,1H3. The minimum absolute atomic E-state index is 0.111. The third-order valence-corrected chi connectivity index (χ3v) is 6.66. The number of carbonyl (C=O) groups excluding carboxylic acids is 1. The van der Waals surface area contributed by atoms with Crippen LogP contribution in [0.1, 0.15) is 27.7 Å². The van der Waals surface area contributed by atoms with Gasteiger partial charge in [-0.05, 0) is 31.5 Å². The first-order chi connectivity index (χ1) is 12.8. The molecule has 0 aliphatic carbocycles. The predicted molar refractivity (Wildman–Crippen MR) is 99.6 cm³/mol. The van der Waals surface area contributed by atoms with Gasteiger partial charge in [-0.3, -0.25) is 14.8 Å². The number of benzene rings is 1. The van der Waals surface area contributed by atoms with Crippen LogP contribution in [0.2, 0.25) is 0 Å². The van der Waals surface area contributed by atoms with Crippen LogP contribution in [0.15, 0.2) is 29.2 Å². The van der Waals surface area contributed by atoms with Crippen LogP contribution >= 0.6 is 11.3 Å². The topological polar surface area (TPSA) is 128 Å². The average Bonchev–Trinajstić information content (AvgIpc) is 2.99. The largest absolute Gasteiger partial charge is 0.462 e. The quantitative estimate of drug-likeness (QED) is 0.424. The van der Waals surface area contributed by atoms with Gasteiger partial charge < -0.3 is 10.1 Å². The lowest BCUT2D eigenvalue weighted by atomic mass is 10.0. The fourth-order valence-corrected chi connectivity index (χ4v) is 5.52. The number of fused-ring (bicyclic) bond motifs is 1. The van der Waals surface area contributed by atoms with Gasteiger partial charge in [0, 0.05) is 17.5 Å². The van der Waals surface area contributed by atoms with Crippen molar-refractivity contribution in [1.82, 2.24) is 5.32 Å². The Morgan fingerprint density at radius 2 is 2.15 bits per heavy atom. The van der Waals surface area contributed by atoms with E-state index in [0.717, 1.165) is 33.9 Å². The Balaban J connectivity index is 2.06. The summed E-state index contributed by atoms with van der Waals surface area (Å²) >= 11 is 1.13. The van der Waals surface area contributed by atoms with E-state index in [1.807, 2.05) is 0 Å². The zero-order chi connectivity index (χ0) is 19.6. The van der Waals surface area contributed by atoms with Gasteiger partial charge in [0.2, 0.25) is 0 Å². The SMILES string of the molecule is CCOC(=O)c1c(NS(=O)(=O)c2ccccc2[N+](=O)[O-])sc2c1CCNC2. The lowest BCUT2D eigenvalue weighted by molar-refractivity contribution is -0.387. The predicted octanol–water partition coefficient (Wildman–Crippen LogP) is 2.28. The molecule has 27 heavy (non-hydrogen) atoms. The van der Waals surface area contributed by atoms with Crippen LogP contribution in [0.3, 0.4) is 0 Å². The van der Waals surface area contributed by atoms with Gasteiger partial charge in [0.1, 0.15) is 5.00 Å². The van der Waals surface area contributed by atoms with Crippen molar-refractivity contribution in [2.24, 2.45) is 0 Å². The van der Waals surface area contributed by atoms with Gasteiger partial charge in [0.25, 0.3) is 15.7 Å². The molecule has 0 spiro atoms. The van der Waals surface area contributed by atoms with E-state index in [9.17, 15) is 23.3 Å².